The molecule has 3 rings (SSSR count). The van der Waals surface area contributed by atoms with Crippen LogP contribution in [-0.2, 0) is 0 Å². The molecule has 3 nitrogen and oxygen atoms in total. The Morgan fingerprint density at radius 2 is 1.88 bits per heavy atom. The molecule has 0 unspecified atom stereocenters. The fourth-order valence-corrected chi connectivity index (χ4v) is 3.34. The van der Waals surface area contributed by atoms with Gasteiger partial charge < -0.3 is 0 Å². The fraction of sp³-hybridized carbons (Fsp3) is 0.0526. The molecule has 0 bridgehead atoms. The van der Waals surface area contributed by atoms with Crippen molar-refractivity contribution in [2.75, 3.05) is 11.4 Å². The zero-order chi connectivity index (χ0) is 16.9. The Labute approximate surface area is 149 Å². The van der Waals surface area contributed by atoms with Gasteiger partial charge in [0.2, 0.25) is 0 Å². The number of hydrogen-bond acceptors (Lipinski definition) is 3. The van der Waals surface area contributed by atoms with Crippen LogP contribution in [0.15, 0.2) is 72.6 Å². The van der Waals surface area contributed by atoms with Crippen molar-refractivity contribution in [1.29, 1.82) is 0 Å². The average Bonchev–Trinajstić information content (AvgIpc) is 3.10. The third-order valence-corrected chi connectivity index (χ3v) is 4.65. The Morgan fingerprint density at radius 1 is 1.17 bits per heavy atom. The molecule has 0 spiro atoms. The van der Waals surface area contributed by atoms with E-state index in [0.29, 0.717) is 22.3 Å². The summed E-state index contributed by atoms with van der Waals surface area (Å²) in [5.74, 6) is -0.186. The maximum Gasteiger partial charge on any atom is 0.261 e. The molecular weight excluding hydrogens is 340 g/mol. The molecule has 0 aliphatic carbocycles. The Bertz CT molecular complexity index is 861. The molecule has 24 heavy (non-hydrogen) atoms. The first-order chi connectivity index (χ1) is 11.7. The number of anilines is 1. The van der Waals surface area contributed by atoms with Crippen molar-refractivity contribution in [1.82, 2.24) is 4.98 Å². The molecule has 1 heterocycles. The minimum Gasteiger partial charge on any atom is -0.280 e. The van der Waals surface area contributed by atoms with E-state index in [0.717, 1.165) is 11.3 Å². The normalized spacial score (nSPS) is 10.4. The van der Waals surface area contributed by atoms with Crippen molar-refractivity contribution < 1.29 is 4.79 Å². The third-order valence-electron chi connectivity index (χ3n) is 3.45. The SMILES string of the molecule is C=CCN(C(=O)c1ccccc1Cl)c1nc(-c2ccccc2)cs1. The van der Waals surface area contributed by atoms with Gasteiger partial charge in [0.05, 0.1) is 16.3 Å². The van der Waals surface area contributed by atoms with Crippen LogP contribution in [0.4, 0.5) is 5.13 Å². The zero-order valence-electron chi connectivity index (χ0n) is 12.9. The van der Waals surface area contributed by atoms with Crippen LogP contribution in [0.1, 0.15) is 10.4 Å². The van der Waals surface area contributed by atoms with Gasteiger partial charge in [-0.05, 0) is 12.1 Å². The fourth-order valence-electron chi connectivity index (χ4n) is 2.29. The number of aromatic nitrogens is 1. The number of benzene rings is 2. The Balaban J connectivity index is 1.95. The van der Waals surface area contributed by atoms with Gasteiger partial charge in [0, 0.05) is 17.5 Å². The molecule has 5 heteroatoms. The van der Waals surface area contributed by atoms with Crippen LogP contribution >= 0.6 is 22.9 Å². The number of nitrogens with zero attached hydrogens (tertiary/aromatic N) is 2. The van der Waals surface area contributed by atoms with Gasteiger partial charge >= 0.3 is 0 Å². The number of carbonyl (C=O) groups is 1. The number of amides is 1. The van der Waals surface area contributed by atoms with E-state index in [-0.39, 0.29) is 5.91 Å². The second-order valence-electron chi connectivity index (χ2n) is 5.07. The molecular formula is C19H15ClN2OS. The molecule has 0 atom stereocenters. The summed E-state index contributed by atoms with van der Waals surface area (Å²) in [5, 5.41) is 3.00. The summed E-state index contributed by atoms with van der Waals surface area (Å²) in [6.45, 7) is 4.11. The molecule has 0 aliphatic heterocycles. The van der Waals surface area contributed by atoms with Crippen molar-refractivity contribution in [3.63, 3.8) is 0 Å². The highest BCUT2D eigenvalue weighted by atomic mass is 35.5. The number of rotatable bonds is 5. The van der Waals surface area contributed by atoms with Gasteiger partial charge in [-0.3, -0.25) is 9.69 Å². The van der Waals surface area contributed by atoms with Gasteiger partial charge in [-0.2, -0.15) is 0 Å². The van der Waals surface area contributed by atoms with E-state index < -0.39 is 0 Å². The van der Waals surface area contributed by atoms with Gasteiger partial charge in [0.1, 0.15) is 0 Å². The van der Waals surface area contributed by atoms with Crippen LogP contribution < -0.4 is 4.90 Å². The molecule has 0 saturated heterocycles. The average molecular weight is 355 g/mol. The molecule has 0 radical (unpaired) electrons. The van der Waals surface area contributed by atoms with E-state index in [1.54, 1.807) is 35.2 Å². The van der Waals surface area contributed by atoms with Crippen LogP contribution in [0, 0.1) is 0 Å². The first-order valence-corrected chi connectivity index (χ1v) is 8.64. The number of thiazole rings is 1. The monoisotopic (exact) mass is 354 g/mol. The van der Waals surface area contributed by atoms with Crippen LogP contribution in [0.5, 0.6) is 0 Å². The summed E-state index contributed by atoms with van der Waals surface area (Å²) in [5.41, 5.74) is 2.32. The van der Waals surface area contributed by atoms with E-state index in [1.165, 1.54) is 11.3 Å². The molecule has 2 aromatic carbocycles. The van der Waals surface area contributed by atoms with E-state index in [2.05, 4.69) is 11.6 Å². The Morgan fingerprint density at radius 3 is 2.58 bits per heavy atom. The minimum absolute atomic E-state index is 0.186. The molecule has 120 valence electrons. The van der Waals surface area contributed by atoms with Crippen LogP contribution in [-0.4, -0.2) is 17.4 Å². The largest absolute Gasteiger partial charge is 0.280 e. The Hall–Kier alpha value is -2.43. The lowest BCUT2D eigenvalue weighted by Crippen LogP contribution is -2.31. The van der Waals surface area contributed by atoms with Crippen molar-refractivity contribution in [3.8, 4) is 11.3 Å². The maximum atomic E-state index is 12.9. The van der Waals surface area contributed by atoms with E-state index in [4.69, 9.17) is 11.6 Å². The van der Waals surface area contributed by atoms with Gasteiger partial charge in [0.25, 0.3) is 5.91 Å². The highest BCUT2D eigenvalue weighted by molar-refractivity contribution is 7.14. The molecule has 1 amide bonds. The summed E-state index contributed by atoms with van der Waals surface area (Å²) in [6, 6.07) is 16.9. The maximum absolute atomic E-state index is 12.9. The van der Waals surface area contributed by atoms with Crippen molar-refractivity contribution in [3.05, 3.63) is 83.2 Å². The van der Waals surface area contributed by atoms with Crippen LogP contribution in [0.25, 0.3) is 11.3 Å². The van der Waals surface area contributed by atoms with E-state index in [1.807, 2.05) is 35.7 Å². The summed E-state index contributed by atoms with van der Waals surface area (Å²) < 4.78 is 0. The molecule has 1 aromatic heterocycles. The van der Waals surface area contributed by atoms with Gasteiger partial charge in [-0.15, -0.1) is 17.9 Å². The highest BCUT2D eigenvalue weighted by Gasteiger charge is 2.21. The first kappa shape index (κ1) is 16.4. The Kier molecular flexibility index (Phi) is 5.08. The van der Waals surface area contributed by atoms with Gasteiger partial charge in [0.15, 0.2) is 5.13 Å². The van der Waals surface area contributed by atoms with E-state index in [9.17, 15) is 4.79 Å². The quantitative estimate of drug-likeness (QED) is 0.583. The molecule has 0 N–H and O–H groups in total. The van der Waals surface area contributed by atoms with Crippen molar-refractivity contribution >= 4 is 34.0 Å². The van der Waals surface area contributed by atoms with Gasteiger partial charge in [-0.1, -0.05) is 60.1 Å². The second-order valence-corrected chi connectivity index (χ2v) is 6.31. The standard InChI is InChI=1S/C19H15ClN2OS/c1-2-12-22(18(23)15-10-6-7-11-16(15)20)19-21-17(13-24-19)14-8-4-3-5-9-14/h2-11,13H,1,12H2. The molecule has 0 fully saturated rings. The lowest BCUT2D eigenvalue weighted by Gasteiger charge is -2.18. The van der Waals surface area contributed by atoms with Crippen LogP contribution in [0.2, 0.25) is 5.02 Å². The van der Waals surface area contributed by atoms with Crippen molar-refractivity contribution in [2.24, 2.45) is 0 Å². The lowest BCUT2D eigenvalue weighted by molar-refractivity contribution is 0.0990. The van der Waals surface area contributed by atoms with Crippen molar-refractivity contribution in [2.45, 2.75) is 0 Å². The predicted molar refractivity (Wildman–Crippen MR) is 101 cm³/mol. The predicted octanol–water partition coefficient (Wildman–Crippen LogP) is 5.30. The topological polar surface area (TPSA) is 33.2 Å². The summed E-state index contributed by atoms with van der Waals surface area (Å²) in [4.78, 5) is 19.1. The molecule has 3 aromatic rings. The number of hydrogen-bond donors (Lipinski definition) is 0. The third kappa shape index (κ3) is 3.40. The summed E-state index contributed by atoms with van der Waals surface area (Å²) in [7, 11) is 0. The number of halogens is 1. The highest BCUT2D eigenvalue weighted by Crippen LogP contribution is 2.29. The summed E-state index contributed by atoms with van der Waals surface area (Å²) in [6.07, 6.45) is 1.68. The minimum atomic E-state index is -0.186. The van der Waals surface area contributed by atoms with Crippen LogP contribution in [0.3, 0.4) is 0 Å². The van der Waals surface area contributed by atoms with Gasteiger partial charge in [-0.25, -0.2) is 4.98 Å². The summed E-state index contributed by atoms with van der Waals surface area (Å²) >= 11 is 7.59. The molecule has 0 aliphatic rings. The van der Waals surface area contributed by atoms with E-state index >= 15 is 0 Å². The molecule has 0 saturated carbocycles. The lowest BCUT2D eigenvalue weighted by atomic mass is 10.2. The smallest absolute Gasteiger partial charge is 0.261 e. The number of carbonyl (C=O) groups excluding carboxylic acids is 1. The second kappa shape index (κ2) is 7.43. The first-order valence-electron chi connectivity index (χ1n) is 7.39. The zero-order valence-corrected chi connectivity index (χ0v) is 14.4.